The predicted octanol–water partition coefficient (Wildman–Crippen LogP) is 2.55. The van der Waals surface area contributed by atoms with E-state index in [4.69, 9.17) is 5.73 Å². The van der Waals surface area contributed by atoms with Crippen LogP contribution in [-0.2, 0) is 6.42 Å². The lowest BCUT2D eigenvalue weighted by molar-refractivity contribution is 0.643. The van der Waals surface area contributed by atoms with Gasteiger partial charge in [0.1, 0.15) is 4.60 Å². The highest BCUT2D eigenvalue weighted by molar-refractivity contribution is 9.10. The fourth-order valence-electron chi connectivity index (χ4n) is 0.998. The van der Waals surface area contributed by atoms with Crippen LogP contribution in [0.4, 0.5) is 0 Å². The second-order valence-electron chi connectivity index (χ2n) is 2.83. The first kappa shape index (κ1) is 12.9. The molecule has 0 spiro atoms. The highest BCUT2D eigenvalue weighted by Gasteiger charge is 2.04. The van der Waals surface area contributed by atoms with E-state index in [1.54, 1.807) is 6.20 Å². The van der Waals surface area contributed by atoms with Gasteiger partial charge < -0.3 is 5.73 Å². The summed E-state index contributed by atoms with van der Waals surface area (Å²) >= 11 is 3.39. The number of nitrogens with zero attached hydrogens (tertiary/aromatic N) is 1. The molecule has 1 aromatic heterocycles. The molecule has 0 saturated carbocycles. The molecule has 0 fully saturated rings. The summed E-state index contributed by atoms with van der Waals surface area (Å²) in [5, 5.41) is 0. The lowest BCUT2D eigenvalue weighted by Gasteiger charge is -2.08. The second-order valence-corrected chi connectivity index (χ2v) is 3.58. The smallest absolute Gasteiger partial charge is 0.109 e. The van der Waals surface area contributed by atoms with Crippen LogP contribution in [0.2, 0.25) is 0 Å². The van der Waals surface area contributed by atoms with Crippen molar-refractivity contribution in [3.05, 3.63) is 28.5 Å². The van der Waals surface area contributed by atoms with Gasteiger partial charge in [0.25, 0.3) is 0 Å². The molecule has 2 N–H and O–H groups in total. The summed E-state index contributed by atoms with van der Waals surface area (Å²) < 4.78 is 0.911. The normalized spacial score (nSPS) is 11.9. The minimum absolute atomic E-state index is 0. The van der Waals surface area contributed by atoms with Crippen LogP contribution in [0.15, 0.2) is 22.9 Å². The maximum atomic E-state index is 5.83. The van der Waals surface area contributed by atoms with Gasteiger partial charge in [0, 0.05) is 12.2 Å². The van der Waals surface area contributed by atoms with Crippen LogP contribution in [0.1, 0.15) is 18.9 Å². The molecule has 4 heteroatoms. The van der Waals surface area contributed by atoms with Crippen LogP contribution in [0.25, 0.3) is 0 Å². The monoisotopic (exact) mass is 264 g/mol. The zero-order valence-corrected chi connectivity index (χ0v) is 9.94. The van der Waals surface area contributed by atoms with Crippen molar-refractivity contribution in [3.63, 3.8) is 0 Å². The third kappa shape index (κ3) is 4.07. The Labute approximate surface area is 93.5 Å². The second kappa shape index (κ2) is 6.35. The predicted molar refractivity (Wildman–Crippen MR) is 61.2 cm³/mol. The van der Waals surface area contributed by atoms with Gasteiger partial charge in [-0.25, -0.2) is 4.98 Å². The third-order valence-corrected chi connectivity index (χ3v) is 2.56. The van der Waals surface area contributed by atoms with Crippen molar-refractivity contribution in [3.8, 4) is 0 Å². The van der Waals surface area contributed by atoms with Crippen molar-refractivity contribution in [1.82, 2.24) is 4.98 Å². The quantitative estimate of drug-likeness (QED) is 0.853. The summed E-state index contributed by atoms with van der Waals surface area (Å²) in [7, 11) is 0. The Morgan fingerprint density at radius 2 is 2.31 bits per heavy atom. The molecular weight excluding hydrogens is 251 g/mol. The molecule has 0 amide bonds. The number of pyridine rings is 1. The lowest BCUT2D eigenvalue weighted by atomic mass is 10.1. The van der Waals surface area contributed by atoms with Gasteiger partial charge in [0.05, 0.1) is 0 Å². The first-order valence-corrected chi connectivity index (χ1v) is 4.88. The summed E-state index contributed by atoms with van der Waals surface area (Å²) in [6.07, 6.45) is 3.66. The number of hydrogen-bond donors (Lipinski definition) is 1. The van der Waals surface area contributed by atoms with E-state index in [-0.39, 0.29) is 18.4 Å². The van der Waals surface area contributed by atoms with E-state index in [1.165, 1.54) is 5.56 Å². The van der Waals surface area contributed by atoms with E-state index in [9.17, 15) is 0 Å². The van der Waals surface area contributed by atoms with E-state index >= 15 is 0 Å². The Bertz CT molecular complexity index is 255. The highest BCUT2D eigenvalue weighted by Crippen LogP contribution is 2.14. The van der Waals surface area contributed by atoms with Gasteiger partial charge in [-0.05, 0) is 40.4 Å². The molecule has 0 saturated heterocycles. The van der Waals surface area contributed by atoms with Crippen molar-refractivity contribution < 1.29 is 0 Å². The van der Waals surface area contributed by atoms with E-state index in [2.05, 4.69) is 27.8 Å². The van der Waals surface area contributed by atoms with E-state index in [0.717, 1.165) is 17.4 Å². The van der Waals surface area contributed by atoms with Crippen LogP contribution in [0.5, 0.6) is 0 Å². The Balaban J connectivity index is 0.00000144. The van der Waals surface area contributed by atoms with Crippen LogP contribution >= 0.6 is 28.3 Å². The largest absolute Gasteiger partial charge is 0.327 e. The Morgan fingerprint density at radius 3 is 2.85 bits per heavy atom. The molecule has 13 heavy (non-hydrogen) atoms. The average molecular weight is 266 g/mol. The number of hydrogen-bond acceptors (Lipinski definition) is 2. The molecule has 0 radical (unpaired) electrons. The summed E-state index contributed by atoms with van der Waals surface area (Å²) in [6, 6.07) is 4.22. The SMILES string of the molecule is CCC(N)Cc1cccnc1Br.Cl. The Hall–Kier alpha value is -0.120. The summed E-state index contributed by atoms with van der Waals surface area (Å²) in [5.41, 5.74) is 7.01. The molecule has 2 nitrogen and oxygen atoms in total. The first-order valence-electron chi connectivity index (χ1n) is 4.09. The fraction of sp³-hybridized carbons (Fsp3) is 0.444. The minimum atomic E-state index is 0. The van der Waals surface area contributed by atoms with E-state index in [1.807, 2.05) is 12.1 Å². The molecule has 0 aliphatic carbocycles. The molecule has 74 valence electrons. The molecule has 1 aromatic rings. The van der Waals surface area contributed by atoms with Crippen molar-refractivity contribution in [2.24, 2.45) is 5.73 Å². The topological polar surface area (TPSA) is 38.9 Å². The van der Waals surface area contributed by atoms with Crippen LogP contribution in [0.3, 0.4) is 0 Å². The number of nitrogens with two attached hydrogens (primary N) is 1. The van der Waals surface area contributed by atoms with Gasteiger partial charge in [0.2, 0.25) is 0 Å². The van der Waals surface area contributed by atoms with Gasteiger partial charge >= 0.3 is 0 Å². The number of aromatic nitrogens is 1. The van der Waals surface area contributed by atoms with Crippen molar-refractivity contribution in [2.75, 3.05) is 0 Å². The van der Waals surface area contributed by atoms with Crippen molar-refractivity contribution in [1.29, 1.82) is 0 Å². The molecule has 0 aliphatic rings. The average Bonchev–Trinajstić information content (AvgIpc) is 2.09. The Morgan fingerprint density at radius 1 is 1.62 bits per heavy atom. The van der Waals surface area contributed by atoms with E-state index in [0.29, 0.717) is 0 Å². The van der Waals surface area contributed by atoms with Gasteiger partial charge in [-0.3, -0.25) is 0 Å². The maximum absolute atomic E-state index is 5.83. The van der Waals surface area contributed by atoms with Crippen LogP contribution in [0, 0.1) is 0 Å². The molecular formula is C9H14BrClN2. The summed E-state index contributed by atoms with van der Waals surface area (Å²) in [6.45, 7) is 2.09. The minimum Gasteiger partial charge on any atom is -0.327 e. The molecule has 0 aliphatic heterocycles. The van der Waals surface area contributed by atoms with Gasteiger partial charge in [-0.15, -0.1) is 12.4 Å². The summed E-state index contributed by atoms with van der Waals surface area (Å²) in [5.74, 6) is 0. The van der Waals surface area contributed by atoms with E-state index < -0.39 is 0 Å². The Kier molecular flexibility index (Phi) is 6.29. The standard InChI is InChI=1S/C9H13BrN2.ClH/c1-2-8(11)6-7-4-3-5-12-9(7)10;/h3-5,8H,2,6,11H2,1H3;1H. The molecule has 1 unspecified atom stereocenters. The molecule has 0 bridgehead atoms. The van der Waals surface area contributed by atoms with Crippen molar-refractivity contribution >= 4 is 28.3 Å². The molecule has 1 rings (SSSR count). The molecule has 1 heterocycles. The van der Waals surface area contributed by atoms with Crippen LogP contribution < -0.4 is 5.73 Å². The number of rotatable bonds is 3. The zero-order valence-electron chi connectivity index (χ0n) is 7.53. The van der Waals surface area contributed by atoms with Gasteiger partial charge in [-0.2, -0.15) is 0 Å². The van der Waals surface area contributed by atoms with Gasteiger partial charge in [-0.1, -0.05) is 13.0 Å². The maximum Gasteiger partial charge on any atom is 0.109 e. The zero-order chi connectivity index (χ0) is 8.97. The van der Waals surface area contributed by atoms with Crippen LogP contribution in [-0.4, -0.2) is 11.0 Å². The van der Waals surface area contributed by atoms with Gasteiger partial charge in [0.15, 0.2) is 0 Å². The van der Waals surface area contributed by atoms with Crippen molar-refractivity contribution in [2.45, 2.75) is 25.8 Å². The summed E-state index contributed by atoms with van der Waals surface area (Å²) in [4.78, 5) is 4.13. The number of halogens is 2. The lowest BCUT2D eigenvalue weighted by Crippen LogP contribution is -2.21. The molecule has 0 aromatic carbocycles. The first-order chi connectivity index (χ1) is 5.74. The fourth-order valence-corrected chi connectivity index (χ4v) is 1.41. The third-order valence-electron chi connectivity index (χ3n) is 1.84. The highest BCUT2D eigenvalue weighted by atomic mass is 79.9. The molecule has 1 atom stereocenters.